The van der Waals surface area contributed by atoms with Crippen LogP contribution < -0.4 is 10.1 Å². The molecular weight excluding hydrogens is 334 g/mol. The summed E-state index contributed by atoms with van der Waals surface area (Å²) in [5.41, 5.74) is 3.06. The monoisotopic (exact) mass is 355 g/mol. The number of amides is 1. The van der Waals surface area contributed by atoms with Crippen molar-refractivity contribution in [3.63, 3.8) is 0 Å². The molecule has 6 nitrogen and oxygen atoms in total. The third-order valence-corrected chi connectivity index (χ3v) is 4.46. The van der Waals surface area contributed by atoms with Gasteiger partial charge < -0.3 is 19.9 Å². The van der Waals surface area contributed by atoms with Crippen LogP contribution in [0.1, 0.15) is 33.2 Å². The molecule has 3 rings (SSSR count). The minimum Gasteiger partial charge on any atom is -0.496 e. The molecule has 136 valence electrons. The molecule has 0 bridgehead atoms. The zero-order valence-electron chi connectivity index (χ0n) is 14.5. The number of carboxylic acids is 1. The molecule has 0 spiro atoms. The minimum atomic E-state index is -1.00. The Morgan fingerprint density at radius 1 is 1.27 bits per heavy atom. The van der Waals surface area contributed by atoms with E-state index in [1.54, 1.807) is 6.07 Å². The molecule has 1 aliphatic rings. The summed E-state index contributed by atoms with van der Waals surface area (Å²) in [6, 6.07) is 12.5. The maximum Gasteiger partial charge on any atom is 0.335 e. The molecule has 2 aromatic rings. The summed E-state index contributed by atoms with van der Waals surface area (Å²) < 4.78 is 10.9. The number of nitrogens with one attached hydrogen (secondary N) is 1. The number of benzene rings is 2. The summed E-state index contributed by atoms with van der Waals surface area (Å²) in [5, 5.41) is 11.9. The fourth-order valence-corrected chi connectivity index (χ4v) is 3.11. The third kappa shape index (κ3) is 3.86. The van der Waals surface area contributed by atoms with E-state index in [0.717, 1.165) is 23.1 Å². The van der Waals surface area contributed by atoms with E-state index in [2.05, 4.69) is 5.32 Å². The van der Waals surface area contributed by atoms with Crippen molar-refractivity contribution in [1.82, 2.24) is 5.32 Å². The van der Waals surface area contributed by atoms with E-state index in [1.165, 1.54) is 19.2 Å². The van der Waals surface area contributed by atoms with Crippen molar-refractivity contribution in [2.45, 2.75) is 18.9 Å². The number of hydrogen-bond donors (Lipinski definition) is 2. The van der Waals surface area contributed by atoms with Crippen molar-refractivity contribution in [2.75, 3.05) is 20.3 Å². The first kappa shape index (κ1) is 17.9. The van der Waals surface area contributed by atoms with Crippen LogP contribution in [0.4, 0.5) is 0 Å². The van der Waals surface area contributed by atoms with Gasteiger partial charge in [-0.25, -0.2) is 4.79 Å². The summed E-state index contributed by atoms with van der Waals surface area (Å²) in [6.07, 6.45) is 0.757. The molecule has 1 amide bonds. The highest BCUT2D eigenvalue weighted by atomic mass is 16.5. The lowest BCUT2D eigenvalue weighted by molar-refractivity contribution is -0.134. The Morgan fingerprint density at radius 3 is 2.85 bits per heavy atom. The highest BCUT2D eigenvalue weighted by molar-refractivity contribution is 5.88. The van der Waals surface area contributed by atoms with Crippen molar-refractivity contribution in [1.29, 1.82) is 0 Å². The second-order valence-electron chi connectivity index (χ2n) is 6.07. The number of aromatic carboxylic acids is 1. The minimum absolute atomic E-state index is 0.168. The SMILES string of the molecule is COc1cc(C(=O)O)ccc1CCNC(=O)C1OCCc2ccccc21. The average molecular weight is 355 g/mol. The van der Waals surface area contributed by atoms with Crippen molar-refractivity contribution < 1.29 is 24.2 Å². The van der Waals surface area contributed by atoms with Crippen LogP contribution in [0, 0.1) is 0 Å². The Bertz CT molecular complexity index is 818. The van der Waals surface area contributed by atoms with Crippen molar-refractivity contribution in [2.24, 2.45) is 0 Å². The lowest BCUT2D eigenvalue weighted by Gasteiger charge is -2.25. The van der Waals surface area contributed by atoms with E-state index < -0.39 is 12.1 Å². The van der Waals surface area contributed by atoms with Crippen LogP contribution in [0.3, 0.4) is 0 Å². The Labute approximate surface area is 151 Å². The number of fused-ring (bicyclic) bond motifs is 1. The van der Waals surface area contributed by atoms with E-state index in [0.29, 0.717) is 25.3 Å². The van der Waals surface area contributed by atoms with Gasteiger partial charge in [-0.15, -0.1) is 0 Å². The highest BCUT2D eigenvalue weighted by Gasteiger charge is 2.26. The topological polar surface area (TPSA) is 84.9 Å². The average Bonchev–Trinajstić information content (AvgIpc) is 2.67. The normalized spacial score (nSPS) is 15.8. The van der Waals surface area contributed by atoms with Crippen molar-refractivity contribution in [3.8, 4) is 5.75 Å². The van der Waals surface area contributed by atoms with Gasteiger partial charge in [-0.1, -0.05) is 30.3 Å². The van der Waals surface area contributed by atoms with Crippen LogP contribution in [0.2, 0.25) is 0 Å². The predicted octanol–water partition coefficient (Wildman–Crippen LogP) is 2.37. The molecule has 1 unspecified atom stereocenters. The summed E-state index contributed by atoms with van der Waals surface area (Å²) in [7, 11) is 1.50. The third-order valence-electron chi connectivity index (χ3n) is 4.46. The standard InChI is InChI=1S/C20H21NO5/c1-25-17-12-15(20(23)24)7-6-14(17)8-10-21-19(22)18-16-5-3-2-4-13(16)9-11-26-18/h2-7,12,18H,8-11H2,1H3,(H,21,22)(H,23,24). The summed E-state index contributed by atoms with van der Waals surface area (Å²) in [6.45, 7) is 0.934. The Kier molecular flexibility index (Phi) is 5.53. The van der Waals surface area contributed by atoms with Crippen LogP contribution in [-0.2, 0) is 22.4 Å². The summed E-state index contributed by atoms with van der Waals surface area (Å²) in [5.74, 6) is -0.673. The highest BCUT2D eigenvalue weighted by Crippen LogP contribution is 2.27. The lowest BCUT2D eigenvalue weighted by atomic mass is 9.97. The maximum atomic E-state index is 12.5. The smallest absolute Gasteiger partial charge is 0.335 e. The number of hydrogen-bond acceptors (Lipinski definition) is 4. The molecule has 1 heterocycles. The number of methoxy groups -OCH3 is 1. The van der Waals surface area contributed by atoms with Gasteiger partial charge in [-0.05, 0) is 41.7 Å². The molecule has 0 saturated heterocycles. The first-order valence-electron chi connectivity index (χ1n) is 8.47. The van der Waals surface area contributed by atoms with E-state index in [1.807, 2.05) is 24.3 Å². The number of rotatable bonds is 6. The molecule has 1 aliphatic heterocycles. The molecule has 2 N–H and O–H groups in total. The first-order chi connectivity index (χ1) is 12.6. The van der Waals surface area contributed by atoms with Gasteiger partial charge in [0.2, 0.25) is 0 Å². The Hall–Kier alpha value is -2.86. The molecule has 2 aromatic carbocycles. The first-order valence-corrected chi connectivity index (χ1v) is 8.47. The largest absolute Gasteiger partial charge is 0.496 e. The second-order valence-corrected chi connectivity index (χ2v) is 6.07. The van der Waals surface area contributed by atoms with Crippen molar-refractivity contribution >= 4 is 11.9 Å². The molecule has 0 fully saturated rings. The molecule has 6 heteroatoms. The van der Waals surface area contributed by atoms with Gasteiger partial charge in [0.05, 0.1) is 19.3 Å². The molecule has 0 aromatic heterocycles. The van der Waals surface area contributed by atoms with Crippen LogP contribution in [-0.4, -0.2) is 37.2 Å². The number of carboxylic acid groups (broad SMARTS) is 1. The van der Waals surface area contributed by atoms with Gasteiger partial charge in [0, 0.05) is 6.54 Å². The van der Waals surface area contributed by atoms with Crippen molar-refractivity contribution in [3.05, 3.63) is 64.7 Å². The number of ether oxygens (including phenoxy) is 2. The molecule has 26 heavy (non-hydrogen) atoms. The van der Waals surface area contributed by atoms with Crippen LogP contribution in [0.15, 0.2) is 42.5 Å². The predicted molar refractivity (Wildman–Crippen MR) is 95.5 cm³/mol. The van der Waals surface area contributed by atoms with Gasteiger partial charge in [0.25, 0.3) is 5.91 Å². The molecule has 0 aliphatic carbocycles. The van der Waals surface area contributed by atoms with Crippen LogP contribution >= 0.6 is 0 Å². The van der Waals surface area contributed by atoms with Gasteiger partial charge in [0.15, 0.2) is 6.10 Å². The zero-order valence-corrected chi connectivity index (χ0v) is 14.5. The number of carbonyl (C=O) groups excluding carboxylic acids is 1. The fraction of sp³-hybridized carbons (Fsp3) is 0.300. The second kappa shape index (κ2) is 8.01. The van der Waals surface area contributed by atoms with Crippen LogP contribution in [0.25, 0.3) is 0 Å². The molecule has 0 saturated carbocycles. The molecule has 1 atom stereocenters. The van der Waals surface area contributed by atoms with Gasteiger partial charge in [-0.2, -0.15) is 0 Å². The number of carbonyl (C=O) groups is 2. The Balaban J connectivity index is 1.62. The summed E-state index contributed by atoms with van der Waals surface area (Å²) >= 11 is 0. The molecular formula is C20H21NO5. The van der Waals surface area contributed by atoms with Gasteiger partial charge in [-0.3, -0.25) is 4.79 Å². The summed E-state index contributed by atoms with van der Waals surface area (Å²) in [4.78, 5) is 23.5. The van der Waals surface area contributed by atoms with E-state index in [-0.39, 0.29) is 11.5 Å². The van der Waals surface area contributed by atoms with E-state index >= 15 is 0 Å². The van der Waals surface area contributed by atoms with E-state index in [4.69, 9.17) is 14.6 Å². The van der Waals surface area contributed by atoms with E-state index in [9.17, 15) is 9.59 Å². The molecule has 0 radical (unpaired) electrons. The van der Waals surface area contributed by atoms with Gasteiger partial charge >= 0.3 is 5.97 Å². The zero-order chi connectivity index (χ0) is 18.5. The van der Waals surface area contributed by atoms with Crippen LogP contribution in [0.5, 0.6) is 5.75 Å². The Morgan fingerprint density at radius 2 is 2.08 bits per heavy atom. The fourth-order valence-electron chi connectivity index (χ4n) is 3.11. The maximum absolute atomic E-state index is 12.5. The lowest BCUT2D eigenvalue weighted by Crippen LogP contribution is -2.34. The van der Waals surface area contributed by atoms with Gasteiger partial charge in [0.1, 0.15) is 5.75 Å². The quantitative estimate of drug-likeness (QED) is 0.831.